The van der Waals surface area contributed by atoms with Gasteiger partial charge in [0, 0.05) is 0 Å². The highest BCUT2D eigenvalue weighted by Gasteiger charge is 2.51. The Balaban J connectivity index is 2.05. The number of carbonyl (C=O) groups is 1. The van der Waals surface area contributed by atoms with Crippen molar-refractivity contribution in [2.24, 2.45) is 0 Å². The molecule has 1 aromatic heterocycles. The van der Waals surface area contributed by atoms with Crippen molar-refractivity contribution in [3.63, 3.8) is 0 Å². The summed E-state index contributed by atoms with van der Waals surface area (Å²) in [5, 5.41) is 18.9. The standard InChI is InChI=1S/C11H14FN5O5/c12-6-4(2-18)22-10(7(6)20)16-5(19)1-3-8(16)15-11(13)17(14)9(3)21/h4,6-7,10,18,20H,1-2,14H2,(H2,13,15)/t4-,6+,7-,10-/m1/s1. The zero-order valence-corrected chi connectivity index (χ0v) is 11.2. The molecule has 0 aliphatic carbocycles. The van der Waals surface area contributed by atoms with Gasteiger partial charge >= 0.3 is 0 Å². The number of hydrogen-bond donors (Lipinski definition) is 4. The molecule has 11 heteroatoms. The average Bonchev–Trinajstić information content (AvgIpc) is 2.95. The third kappa shape index (κ3) is 1.86. The molecule has 22 heavy (non-hydrogen) atoms. The largest absolute Gasteiger partial charge is 0.394 e. The maximum atomic E-state index is 13.8. The third-order valence-corrected chi connectivity index (χ3v) is 3.76. The van der Waals surface area contributed by atoms with E-state index in [1.165, 1.54) is 0 Å². The smallest absolute Gasteiger partial charge is 0.279 e. The van der Waals surface area contributed by atoms with Crippen LogP contribution in [0, 0.1) is 0 Å². The molecule has 1 aromatic rings. The lowest BCUT2D eigenvalue weighted by Gasteiger charge is -2.25. The first-order valence-corrected chi connectivity index (χ1v) is 6.43. The first-order chi connectivity index (χ1) is 10.4. The van der Waals surface area contributed by atoms with Crippen LogP contribution in [0.2, 0.25) is 0 Å². The molecule has 0 radical (unpaired) electrons. The Labute approximate surface area is 122 Å². The summed E-state index contributed by atoms with van der Waals surface area (Å²) in [4.78, 5) is 28.8. The van der Waals surface area contributed by atoms with Crippen LogP contribution in [-0.2, 0) is 16.0 Å². The van der Waals surface area contributed by atoms with Crippen molar-refractivity contribution in [3.8, 4) is 0 Å². The molecule has 4 atom stereocenters. The van der Waals surface area contributed by atoms with E-state index in [9.17, 15) is 19.1 Å². The minimum absolute atomic E-state index is 0.0136. The summed E-state index contributed by atoms with van der Waals surface area (Å²) in [5.74, 6) is 4.33. The molecule has 3 heterocycles. The van der Waals surface area contributed by atoms with Crippen LogP contribution in [0.25, 0.3) is 0 Å². The molecule has 0 spiro atoms. The van der Waals surface area contributed by atoms with E-state index in [0.717, 1.165) is 4.90 Å². The van der Waals surface area contributed by atoms with E-state index in [0.29, 0.717) is 4.68 Å². The number of aromatic nitrogens is 2. The predicted octanol–water partition coefficient (Wildman–Crippen LogP) is -3.16. The SMILES string of the molecule is Nc1nc2c(c(=O)n1N)CC(=O)N2[C@@H]1O[C@H](CO)[C@H](F)[C@H]1O. The summed E-state index contributed by atoms with van der Waals surface area (Å²) in [6.45, 7) is -0.663. The number of carbonyl (C=O) groups excluding carboxylic acids is 1. The van der Waals surface area contributed by atoms with E-state index in [1.54, 1.807) is 0 Å². The number of rotatable bonds is 2. The van der Waals surface area contributed by atoms with E-state index >= 15 is 0 Å². The molecule has 1 saturated heterocycles. The van der Waals surface area contributed by atoms with Gasteiger partial charge in [-0.2, -0.15) is 9.66 Å². The van der Waals surface area contributed by atoms with Crippen LogP contribution in [0.3, 0.4) is 0 Å². The van der Waals surface area contributed by atoms with Gasteiger partial charge in [0.25, 0.3) is 5.56 Å². The van der Waals surface area contributed by atoms with Crippen LogP contribution in [-0.4, -0.2) is 57.0 Å². The fraction of sp³-hybridized carbons (Fsp3) is 0.545. The van der Waals surface area contributed by atoms with E-state index in [2.05, 4.69) is 4.98 Å². The van der Waals surface area contributed by atoms with E-state index in [4.69, 9.17) is 21.4 Å². The molecule has 2 aliphatic heterocycles. The number of hydrogen-bond acceptors (Lipinski definition) is 8. The first kappa shape index (κ1) is 14.7. The van der Waals surface area contributed by atoms with E-state index < -0.39 is 42.7 Å². The fourth-order valence-corrected chi connectivity index (χ4v) is 2.61. The highest BCUT2D eigenvalue weighted by atomic mass is 19.1. The number of ether oxygens (including phenoxy) is 1. The lowest BCUT2D eigenvalue weighted by Crippen LogP contribution is -2.46. The van der Waals surface area contributed by atoms with Crippen molar-refractivity contribution >= 4 is 17.7 Å². The Morgan fingerprint density at radius 1 is 1.45 bits per heavy atom. The number of nitrogens with two attached hydrogens (primary N) is 2. The Kier molecular flexibility index (Phi) is 3.27. The van der Waals surface area contributed by atoms with Gasteiger partial charge in [-0.05, 0) is 0 Å². The molecular formula is C11H14FN5O5. The summed E-state index contributed by atoms with van der Waals surface area (Å²) in [7, 11) is 0. The van der Waals surface area contributed by atoms with E-state index in [1.807, 2.05) is 0 Å². The monoisotopic (exact) mass is 315 g/mol. The molecule has 10 nitrogen and oxygen atoms in total. The highest BCUT2D eigenvalue weighted by Crippen LogP contribution is 2.34. The summed E-state index contributed by atoms with van der Waals surface area (Å²) in [5.41, 5.74) is 4.77. The zero-order valence-electron chi connectivity index (χ0n) is 11.2. The average molecular weight is 315 g/mol. The summed E-state index contributed by atoms with van der Waals surface area (Å²) in [6.07, 6.45) is -6.55. The van der Waals surface area contributed by atoms with Crippen LogP contribution in [0.4, 0.5) is 16.2 Å². The maximum Gasteiger partial charge on any atom is 0.279 e. The van der Waals surface area contributed by atoms with Gasteiger partial charge in [-0.15, -0.1) is 0 Å². The van der Waals surface area contributed by atoms with Gasteiger partial charge in [-0.25, -0.2) is 4.39 Å². The van der Waals surface area contributed by atoms with Crippen molar-refractivity contribution in [2.75, 3.05) is 23.1 Å². The second-order valence-corrected chi connectivity index (χ2v) is 5.07. The van der Waals surface area contributed by atoms with Gasteiger partial charge in [0.15, 0.2) is 18.2 Å². The Bertz CT molecular complexity index is 694. The normalized spacial score (nSPS) is 30.9. The van der Waals surface area contributed by atoms with E-state index in [-0.39, 0.29) is 23.8 Å². The van der Waals surface area contributed by atoms with Gasteiger partial charge in [-0.3, -0.25) is 14.5 Å². The highest BCUT2D eigenvalue weighted by molar-refractivity contribution is 6.00. The van der Waals surface area contributed by atoms with Crippen LogP contribution >= 0.6 is 0 Å². The van der Waals surface area contributed by atoms with Gasteiger partial charge in [-0.1, -0.05) is 0 Å². The number of aliphatic hydroxyl groups is 2. The van der Waals surface area contributed by atoms with Crippen molar-refractivity contribution < 1.29 is 24.1 Å². The quantitative estimate of drug-likeness (QED) is 0.417. The van der Waals surface area contributed by atoms with Crippen molar-refractivity contribution in [1.82, 2.24) is 9.66 Å². The van der Waals surface area contributed by atoms with Gasteiger partial charge in [0.1, 0.15) is 12.2 Å². The predicted molar refractivity (Wildman–Crippen MR) is 70.9 cm³/mol. The maximum absolute atomic E-state index is 13.8. The molecule has 2 aliphatic rings. The second kappa shape index (κ2) is 4.90. The number of fused-ring (bicyclic) bond motifs is 1. The lowest BCUT2D eigenvalue weighted by molar-refractivity contribution is -0.121. The summed E-state index contributed by atoms with van der Waals surface area (Å²) in [6, 6.07) is 0. The molecule has 0 unspecified atom stereocenters. The number of nitrogens with zero attached hydrogens (tertiary/aromatic N) is 3. The topological polar surface area (TPSA) is 157 Å². The lowest BCUT2D eigenvalue weighted by atomic mass is 10.1. The number of anilines is 2. The van der Waals surface area contributed by atoms with Crippen LogP contribution in [0.15, 0.2) is 4.79 Å². The van der Waals surface area contributed by atoms with Crippen molar-refractivity contribution in [1.29, 1.82) is 0 Å². The number of nitrogen functional groups attached to an aromatic ring is 2. The number of aliphatic hydroxyl groups excluding tert-OH is 2. The molecule has 0 saturated carbocycles. The molecule has 6 N–H and O–H groups in total. The van der Waals surface area contributed by atoms with Gasteiger partial charge in [0.05, 0.1) is 18.6 Å². The zero-order chi connectivity index (χ0) is 16.2. The minimum Gasteiger partial charge on any atom is -0.394 e. The summed E-state index contributed by atoms with van der Waals surface area (Å²) < 4.78 is 19.6. The fourth-order valence-electron chi connectivity index (χ4n) is 2.61. The minimum atomic E-state index is -1.88. The molecular weight excluding hydrogens is 301 g/mol. The van der Waals surface area contributed by atoms with Crippen LogP contribution < -0.4 is 22.0 Å². The number of amides is 1. The Morgan fingerprint density at radius 2 is 2.14 bits per heavy atom. The van der Waals surface area contributed by atoms with Gasteiger partial charge < -0.3 is 26.5 Å². The second-order valence-electron chi connectivity index (χ2n) is 5.07. The molecule has 3 rings (SSSR count). The molecule has 0 bridgehead atoms. The van der Waals surface area contributed by atoms with Crippen LogP contribution in [0.1, 0.15) is 5.56 Å². The van der Waals surface area contributed by atoms with Gasteiger partial charge in [0.2, 0.25) is 11.9 Å². The van der Waals surface area contributed by atoms with Crippen molar-refractivity contribution in [3.05, 3.63) is 15.9 Å². The number of alkyl halides is 1. The Hall–Kier alpha value is -2.24. The molecule has 1 amide bonds. The Morgan fingerprint density at radius 3 is 2.73 bits per heavy atom. The molecule has 1 fully saturated rings. The first-order valence-electron chi connectivity index (χ1n) is 6.43. The summed E-state index contributed by atoms with van der Waals surface area (Å²) >= 11 is 0. The molecule has 120 valence electrons. The van der Waals surface area contributed by atoms with Crippen molar-refractivity contribution in [2.45, 2.75) is 31.0 Å². The number of halogens is 1. The third-order valence-electron chi connectivity index (χ3n) is 3.76. The molecule has 0 aromatic carbocycles. The van der Waals surface area contributed by atoms with Crippen LogP contribution in [0.5, 0.6) is 0 Å².